The molecule has 0 aliphatic carbocycles. The van der Waals surface area contributed by atoms with Crippen molar-refractivity contribution in [3.05, 3.63) is 29.8 Å². The lowest BCUT2D eigenvalue weighted by molar-refractivity contribution is -0.118. The molecule has 0 saturated carbocycles. The summed E-state index contributed by atoms with van der Waals surface area (Å²) in [5, 5.41) is 6.02. The van der Waals surface area contributed by atoms with Gasteiger partial charge in [-0.3, -0.25) is 4.79 Å². The van der Waals surface area contributed by atoms with Crippen LogP contribution in [0.2, 0.25) is 0 Å². The lowest BCUT2D eigenvalue weighted by Crippen LogP contribution is -2.25. The fourth-order valence-electron chi connectivity index (χ4n) is 1.42. The third-order valence-corrected chi connectivity index (χ3v) is 3.36. The van der Waals surface area contributed by atoms with E-state index in [0.717, 1.165) is 11.4 Å². The van der Waals surface area contributed by atoms with Crippen LogP contribution >= 0.6 is 11.8 Å². The van der Waals surface area contributed by atoms with Crippen molar-refractivity contribution in [1.82, 2.24) is 10.6 Å². The topological polar surface area (TPSA) is 41.1 Å². The fourth-order valence-corrected chi connectivity index (χ4v) is 2.23. The van der Waals surface area contributed by atoms with Crippen molar-refractivity contribution >= 4 is 17.7 Å². The van der Waals surface area contributed by atoms with Gasteiger partial charge in [0.2, 0.25) is 5.91 Å². The van der Waals surface area contributed by atoms with E-state index in [4.69, 9.17) is 6.42 Å². The first-order valence-corrected chi connectivity index (χ1v) is 7.25. The van der Waals surface area contributed by atoms with Crippen molar-refractivity contribution in [2.24, 2.45) is 0 Å². The molecule has 0 saturated heterocycles. The molecule has 0 radical (unpaired) electrons. The highest BCUT2D eigenvalue weighted by atomic mass is 32.2. The number of carbonyl (C=O) groups excluding carboxylic acids is 1. The highest BCUT2D eigenvalue weighted by molar-refractivity contribution is 8.00. The van der Waals surface area contributed by atoms with Crippen LogP contribution in [0.1, 0.15) is 19.4 Å². The lowest BCUT2D eigenvalue weighted by atomic mass is 10.2. The molecule has 102 valence electrons. The summed E-state index contributed by atoms with van der Waals surface area (Å²) in [6.07, 6.45) is 5.08. The highest BCUT2D eigenvalue weighted by Crippen LogP contribution is 2.18. The van der Waals surface area contributed by atoms with Crippen LogP contribution in [0.25, 0.3) is 0 Å². The van der Waals surface area contributed by atoms with Crippen LogP contribution < -0.4 is 10.6 Å². The predicted molar refractivity (Wildman–Crippen MR) is 81.0 cm³/mol. The van der Waals surface area contributed by atoms with E-state index in [1.165, 1.54) is 17.3 Å². The number of thioether (sulfide) groups is 1. The third kappa shape index (κ3) is 6.90. The summed E-state index contributed by atoms with van der Waals surface area (Å²) in [5.74, 6) is 2.74. The van der Waals surface area contributed by atoms with Gasteiger partial charge in [0.1, 0.15) is 0 Å². The number of benzene rings is 1. The van der Waals surface area contributed by atoms with E-state index in [0.29, 0.717) is 11.8 Å². The molecule has 0 unspecified atom stereocenters. The Morgan fingerprint density at radius 3 is 2.95 bits per heavy atom. The molecule has 0 heterocycles. The Labute approximate surface area is 119 Å². The second-order valence-electron chi connectivity index (χ2n) is 4.45. The van der Waals surface area contributed by atoms with Crippen LogP contribution in [0.4, 0.5) is 0 Å². The van der Waals surface area contributed by atoms with E-state index in [2.05, 4.69) is 42.5 Å². The van der Waals surface area contributed by atoms with Crippen LogP contribution in [0.3, 0.4) is 0 Å². The lowest BCUT2D eigenvalue weighted by Gasteiger charge is -2.09. The Morgan fingerprint density at radius 1 is 1.47 bits per heavy atom. The van der Waals surface area contributed by atoms with Crippen LogP contribution in [0, 0.1) is 12.3 Å². The maximum atomic E-state index is 11.4. The zero-order valence-electron chi connectivity index (χ0n) is 11.4. The molecule has 0 aliphatic heterocycles. The molecule has 0 fully saturated rings. The molecule has 19 heavy (non-hydrogen) atoms. The molecule has 1 rings (SSSR count). The SMILES string of the molecule is C#CCNC(=O)CSc1cccc(CNC(C)C)c1. The van der Waals surface area contributed by atoms with E-state index in [-0.39, 0.29) is 12.5 Å². The zero-order chi connectivity index (χ0) is 14.1. The van der Waals surface area contributed by atoms with Gasteiger partial charge in [-0.25, -0.2) is 0 Å². The Balaban J connectivity index is 2.44. The molecule has 0 bridgehead atoms. The quantitative estimate of drug-likeness (QED) is 0.591. The molecule has 0 aliphatic rings. The molecule has 4 heteroatoms. The summed E-state index contributed by atoms with van der Waals surface area (Å²) >= 11 is 1.52. The summed E-state index contributed by atoms with van der Waals surface area (Å²) in [6.45, 7) is 5.37. The van der Waals surface area contributed by atoms with Gasteiger partial charge in [-0.15, -0.1) is 18.2 Å². The van der Waals surface area contributed by atoms with Crippen molar-refractivity contribution in [3.8, 4) is 12.3 Å². The number of amides is 1. The van der Waals surface area contributed by atoms with Crippen LogP contribution in [0.5, 0.6) is 0 Å². The number of rotatable bonds is 7. The van der Waals surface area contributed by atoms with E-state index >= 15 is 0 Å². The van der Waals surface area contributed by atoms with Gasteiger partial charge in [-0.1, -0.05) is 31.9 Å². The van der Waals surface area contributed by atoms with Gasteiger partial charge >= 0.3 is 0 Å². The minimum absolute atomic E-state index is 0.0336. The van der Waals surface area contributed by atoms with Crippen molar-refractivity contribution < 1.29 is 4.79 Å². The summed E-state index contributed by atoms with van der Waals surface area (Å²) in [5.41, 5.74) is 1.22. The fraction of sp³-hybridized carbons (Fsp3) is 0.400. The largest absolute Gasteiger partial charge is 0.344 e. The molecule has 3 nitrogen and oxygen atoms in total. The van der Waals surface area contributed by atoms with Gasteiger partial charge < -0.3 is 10.6 Å². The summed E-state index contributed by atoms with van der Waals surface area (Å²) in [4.78, 5) is 12.5. The Bertz CT molecular complexity index is 452. The van der Waals surface area contributed by atoms with E-state index in [1.807, 2.05) is 12.1 Å². The molecule has 1 amide bonds. The molecular weight excluding hydrogens is 256 g/mol. The summed E-state index contributed by atoms with van der Waals surface area (Å²) in [6, 6.07) is 8.68. The monoisotopic (exact) mass is 276 g/mol. The van der Waals surface area contributed by atoms with E-state index in [1.54, 1.807) is 0 Å². The second-order valence-corrected chi connectivity index (χ2v) is 5.50. The maximum absolute atomic E-state index is 11.4. The van der Waals surface area contributed by atoms with Crippen molar-refractivity contribution in [1.29, 1.82) is 0 Å². The minimum Gasteiger partial charge on any atom is -0.344 e. The van der Waals surface area contributed by atoms with E-state index < -0.39 is 0 Å². The Morgan fingerprint density at radius 2 is 2.26 bits per heavy atom. The average molecular weight is 276 g/mol. The van der Waals surface area contributed by atoms with Gasteiger partial charge in [0.25, 0.3) is 0 Å². The predicted octanol–water partition coefficient (Wildman–Crippen LogP) is 2.03. The van der Waals surface area contributed by atoms with Crippen molar-refractivity contribution in [2.75, 3.05) is 12.3 Å². The highest BCUT2D eigenvalue weighted by Gasteiger charge is 2.02. The van der Waals surface area contributed by atoms with E-state index in [9.17, 15) is 4.79 Å². The normalized spacial score (nSPS) is 10.2. The maximum Gasteiger partial charge on any atom is 0.231 e. The van der Waals surface area contributed by atoms with Gasteiger partial charge in [0, 0.05) is 17.5 Å². The molecule has 0 spiro atoms. The molecule has 1 aromatic carbocycles. The van der Waals surface area contributed by atoms with Gasteiger partial charge in [0.15, 0.2) is 0 Å². The first-order chi connectivity index (χ1) is 9.11. The molecular formula is C15H20N2OS. The Kier molecular flexibility index (Phi) is 7.09. The van der Waals surface area contributed by atoms with Crippen LogP contribution in [0.15, 0.2) is 29.2 Å². The second kappa shape index (κ2) is 8.63. The number of nitrogens with one attached hydrogen (secondary N) is 2. The van der Waals surface area contributed by atoms with Gasteiger partial charge in [0.05, 0.1) is 12.3 Å². The van der Waals surface area contributed by atoms with Crippen molar-refractivity contribution in [3.63, 3.8) is 0 Å². The standard InChI is InChI=1S/C15H20N2OS/c1-4-8-16-15(18)11-19-14-7-5-6-13(9-14)10-17-12(2)3/h1,5-7,9,12,17H,8,10-11H2,2-3H3,(H,16,18). The van der Waals surface area contributed by atoms with Gasteiger partial charge in [-0.2, -0.15) is 0 Å². The van der Waals surface area contributed by atoms with Crippen molar-refractivity contribution in [2.45, 2.75) is 31.3 Å². The smallest absolute Gasteiger partial charge is 0.231 e. The number of terminal acetylenes is 1. The Hall–Kier alpha value is -1.44. The first kappa shape index (κ1) is 15.6. The van der Waals surface area contributed by atoms with Crippen LogP contribution in [-0.4, -0.2) is 24.2 Å². The first-order valence-electron chi connectivity index (χ1n) is 6.27. The average Bonchev–Trinajstić information content (AvgIpc) is 2.41. The number of hydrogen-bond acceptors (Lipinski definition) is 3. The number of hydrogen-bond donors (Lipinski definition) is 2. The summed E-state index contributed by atoms with van der Waals surface area (Å²) < 4.78 is 0. The molecule has 2 N–H and O–H groups in total. The molecule has 0 aromatic heterocycles. The molecule has 0 atom stereocenters. The minimum atomic E-state index is -0.0336. The zero-order valence-corrected chi connectivity index (χ0v) is 12.2. The van der Waals surface area contributed by atoms with Gasteiger partial charge in [-0.05, 0) is 17.7 Å². The number of carbonyl (C=O) groups is 1. The third-order valence-electron chi connectivity index (χ3n) is 2.37. The van der Waals surface area contributed by atoms with Crippen LogP contribution in [-0.2, 0) is 11.3 Å². The molecule has 1 aromatic rings. The summed E-state index contributed by atoms with van der Waals surface area (Å²) in [7, 11) is 0.